The Morgan fingerprint density at radius 1 is 0.741 bits per heavy atom. The molecule has 156 valence electrons. The third-order valence-corrected chi connectivity index (χ3v) is 4.78. The molecule has 7 nitrogen and oxygen atoms in total. The summed E-state index contributed by atoms with van der Waals surface area (Å²) in [5, 5.41) is 8.81. The van der Waals surface area contributed by atoms with E-state index in [-0.39, 0.29) is 47.9 Å². The molecule has 7 heteroatoms. The summed E-state index contributed by atoms with van der Waals surface area (Å²) < 4.78 is 0. The van der Waals surface area contributed by atoms with Gasteiger partial charge in [0.2, 0.25) is 11.8 Å². The van der Waals surface area contributed by atoms with Gasteiger partial charge in [-0.1, -0.05) is 13.8 Å². The quantitative estimate of drug-likeness (QED) is 0.400. The minimum Gasteiger partial charge on any atom is -0.353 e. The summed E-state index contributed by atoms with van der Waals surface area (Å²) >= 11 is 0. The van der Waals surface area contributed by atoms with Crippen molar-refractivity contribution in [3.8, 4) is 0 Å². The van der Waals surface area contributed by atoms with Crippen LogP contribution >= 0.6 is 0 Å². The molecule has 2 amide bonds. The van der Waals surface area contributed by atoms with Crippen LogP contribution < -0.4 is 16.0 Å². The first kappa shape index (κ1) is 25.2. The van der Waals surface area contributed by atoms with Crippen LogP contribution in [0.2, 0.25) is 0 Å². The first-order valence-corrected chi connectivity index (χ1v) is 9.99. The second-order valence-electron chi connectivity index (χ2n) is 7.12. The van der Waals surface area contributed by atoms with Gasteiger partial charge in [-0.25, -0.2) is 0 Å². The molecule has 0 saturated carbocycles. The Labute approximate surface area is 163 Å². The molecule has 3 N–H and O–H groups in total. The Morgan fingerprint density at radius 2 is 1.19 bits per heavy atom. The zero-order valence-electron chi connectivity index (χ0n) is 17.5. The minimum absolute atomic E-state index is 0.0149. The van der Waals surface area contributed by atoms with Crippen LogP contribution in [-0.4, -0.2) is 48.6 Å². The van der Waals surface area contributed by atoms with Gasteiger partial charge in [-0.2, -0.15) is 0 Å². The number of rotatable bonds is 15. The number of Topliss-reactive ketones (excluding diaryl/α,β-unsaturated/α-hetero) is 2. The lowest BCUT2D eigenvalue weighted by Crippen LogP contribution is -2.39. The van der Waals surface area contributed by atoms with E-state index in [1.807, 2.05) is 13.8 Å². The van der Waals surface area contributed by atoms with Gasteiger partial charge in [0.05, 0.1) is 6.04 Å². The second-order valence-corrected chi connectivity index (χ2v) is 7.12. The number of hydrogen-bond acceptors (Lipinski definition) is 5. The fourth-order valence-corrected chi connectivity index (χ4v) is 2.87. The smallest absolute Gasteiger partial charge is 0.220 e. The summed E-state index contributed by atoms with van der Waals surface area (Å²) in [6.07, 6.45) is 4.30. The van der Waals surface area contributed by atoms with Crippen LogP contribution in [0.1, 0.15) is 79.1 Å². The van der Waals surface area contributed by atoms with Crippen molar-refractivity contribution < 1.29 is 19.2 Å². The van der Waals surface area contributed by atoms with Crippen molar-refractivity contribution in [2.75, 3.05) is 7.05 Å². The molecule has 0 aliphatic rings. The highest BCUT2D eigenvalue weighted by Crippen LogP contribution is 2.07. The number of carbonyl (C=O) groups excluding carboxylic acids is 4. The first-order valence-electron chi connectivity index (χ1n) is 9.99. The highest BCUT2D eigenvalue weighted by molar-refractivity contribution is 5.83. The number of likely N-dealkylation sites (N-methyl/N-ethyl adjacent to an activating group) is 1. The van der Waals surface area contributed by atoms with E-state index in [2.05, 4.69) is 16.0 Å². The molecule has 3 atom stereocenters. The molecule has 0 aromatic heterocycles. The fraction of sp³-hybridized carbons (Fsp3) is 0.800. The van der Waals surface area contributed by atoms with Gasteiger partial charge in [-0.05, 0) is 53.0 Å². The van der Waals surface area contributed by atoms with E-state index in [1.54, 1.807) is 14.0 Å². The van der Waals surface area contributed by atoms with Crippen LogP contribution in [0.5, 0.6) is 0 Å². The van der Waals surface area contributed by atoms with E-state index in [4.69, 9.17) is 0 Å². The minimum atomic E-state index is -0.303. The second kappa shape index (κ2) is 14.3. The van der Waals surface area contributed by atoms with Gasteiger partial charge in [-0.3, -0.25) is 14.4 Å². The summed E-state index contributed by atoms with van der Waals surface area (Å²) in [6, 6.07) is -0.352. The van der Waals surface area contributed by atoms with Crippen LogP contribution in [0.15, 0.2) is 0 Å². The molecular formula is C20H37N3O4. The lowest BCUT2D eigenvalue weighted by atomic mass is 10.0. The van der Waals surface area contributed by atoms with E-state index in [1.165, 1.54) is 6.92 Å². The summed E-state index contributed by atoms with van der Waals surface area (Å²) in [7, 11) is 1.71. The van der Waals surface area contributed by atoms with Gasteiger partial charge < -0.3 is 20.7 Å². The van der Waals surface area contributed by atoms with Crippen molar-refractivity contribution in [1.82, 2.24) is 16.0 Å². The van der Waals surface area contributed by atoms with E-state index >= 15 is 0 Å². The van der Waals surface area contributed by atoms with Gasteiger partial charge >= 0.3 is 0 Å². The molecule has 0 radical (unpaired) electrons. The third-order valence-electron chi connectivity index (χ3n) is 4.78. The maximum atomic E-state index is 12.1. The Morgan fingerprint density at radius 3 is 1.56 bits per heavy atom. The summed E-state index contributed by atoms with van der Waals surface area (Å²) in [5.41, 5.74) is 0. The van der Waals surface area contributed by atoms with Gasteiger partial charge in [-0.15, -0.1) is 0 Å². The maximum Gasteiger partial charge on any atom is 0.220 e. The topological polar surface area (TPSA) is 104 Å². The van der Waals surface area contributed by atoms with Gasteiger partial charge in [0.25, 0.3) is 0 Å². The van der Waals surface area contributed by atoms with Crippen molar-refractivity contribution in [2.45, 2.75) is 97.2 Å². The van der Waals surface area contributed by atoms with Gasteiger partial charge in [0, 0.05) is 31.3 Å². The predicted octanol–water partition coefficient (Wildman–Crippen LogP) is 1.88. The van der Waals surface area contributed by atoms with Crippen LogP contribution in [0.25, 0.3) is 0 Å². The van der Waals surface area contributed by atoms with Crippen molar-refractivity contribution in [3.63, 3.8) is 0 Å². The number of ketones is 2. The molecule has 27 heavy (non-hydrogen) atoms. The zero-order chi connectivity index (χ0) is 20.8. The van der Waals surface area contributed by atoms with Gasteiger partial charge in [0.1, 0.15) is 11.6 Å². The van der Waals surface area contributed by atoms with Gasteiger partial charge in [0.15, 0.2) is 0 Å². The van der Waals surface area contributed by atoms with Crippen LogP contribution in [0, 0.1) is 0 Å². The summed E-state index contributed by atoms with van der Waals surface area (Å²) in [4.78, 5) is 46.7. The highest BCUT2D eigenvalue weighted by Gasteiger charge is 2.17. The van der Waals surface area contributed by atoms with Crippen molar-refractivity contribution >= 4 is 23.4 Å². The van der Waals surface area contributed by atoms with E-state index in [0.29, 0.717) is 32.1 Å². The third kappa shape index (κ3) is 12.3. The molecule has 0 fully saturated rings. The number of hydrogen-bond donors (Lipinski definition) is 3. The van der Waals surface area contributed by atoms with E-state index < -0.39 is 0 Å². The Bertz CT molecular complexity index is 494. The average molecular weight is 384 g/mol. The molecule has 0 aromatic carbocycles. The Kier molecular flexibility index (Phi) is 13.4. The molecule has 0 bridgehead atoms. The largest absolute Gasteiger partial charge is 0.353 e. The number of nitrogens with one attached hydrogen (secondary N) is 3. The zero-order valence-corrected chi connectivity index (χ0v) is 17.5. The normalized spacial score (nSPS) is 14.1. The molecule has 0 spiro atoms. The van der Waals surface area contributed by atoms with E-state index in [0.717, 1.165) is 12.8 Å². The Balaban J connectivity index is 4.27. The standard InChI is InChI=1S/C20H37N3O4/c1-6-16(9-8-14(3)24)22-19(26)12-10-17(7-2)23-20(27)13-11-18(21-5)15(4)25/h16-18,21H,6-13H2,1-5H3,(H,22,26)(H,23,27). The molecule has 0 heterocycles. The predicted molar refractivity (Wildman–Crippen MR) is 106 cm³/mol. The van der Waals surface area contributed by atoms with Crippen LogP contribution in [0.4, 0.5) is 0 Å². The monoisotopic (exact) mass is 383 g/mol. The fourth-order valence-electron chi connectivity index (χ4n) is 2.87. The summed E-state index contributed by atoms with van der Waals surface area (Å²) in [5.74, 6) is -0.00686. The molecule has 3 unspecified atom stereocenters. The average Bonchev–Trinajstić information content (AvgIpc) is 2.61. The van der Waals surface area contributed by atoms with Crippen LogP contribution in [-0.2, 0) is 19.2 Å². The van der Waals surface area contributed by atoms with Crippen LogP contribution in [0.3, 0.4) is 0 Å². The molecule has 0 saturated heterocycles. The lowest BCUT2D eigenvalue weighted by Gasteiger charge is -2.20. The Hall–Kier alpha value is -1.76. The maximum absolute atomic E-state index is 12.1. The highest BCUT2D eigenvalue weighted by atomic mass is 16.2. The van der Waals surface area contributed by atoms with Crippen molar-refractivity contribution in [3.05, 3.63) is 0 Å². The molecule has 0 aliphatic carbocycles. The molecular weight excluding hydrogens is 346 g/mol. The van der Waals surface area contributed by atoms with Crippen molar-refractivity contribution in [1.29, 1.82) is 0 Å². The lowest BCUT2D eigenvalue weighted by molar-refractivity contribution is -0.124. The first-order chi connectivity index (χ1) is 12.7. The number of carbonyl (C=O) groups is 4. The molecule has 0 aliphatic heterocycles. The summed E-state index contributed by atoms with van der Waals surface area (Å²) in [6.45, 7) is 7.01. The molecule has 0 rings (SSSR count). The molecule has 0 aromatic rings. The van der Waals surface area contributed by atoms with E-state index in [9.17, 15) is 19.2 Å². The SMILES string of the molecule is CCC(CCC(C)=O)NC(=O)CCC(CC)NC(=O)CCC(NC)C(C)=O. The van der Waals surface area contributed by atoms with Crippen molar-refractivity contribution in [2.24, 2.45) is 0 Å². The number of amides is 2.